The topological polar surface area (TPSA) is 40.6 Å². The first kappa shape index (κ1) is 14.6. The minimum Gasteiger partial charge on any atom is -0.195 e. The standard InChI is InChI=1S/C12H23ClN2O2S/c1-10-6-8-15(12(10)9-13)18(16,17)14-7-4-3-5-11(14)2/h10-12H,3-9H2,1-2H3. The Balaban J connectivity index is 2.20. The summed E-state index contributed by atoms with van der Waals surface area (Å²) in [7, 11) is -3.32. The van der Waals surface area contributed by atoms with Gasteiger partial charge < -0.3 is 0 Å². The molecule has 2 heterocycles. The Kier molecular flexibility index (Phi) is 4.57. The van der Waals surface area contributed by atoms with Gasteiger partial charge in [-0.3, -0.25) is 0 Å². The normalized spacial score (nSPS) is 36.1. The lowest BCUT2D eigenvalue weighted by Gasteiger charge is -2.37. The van der Waals surface area contributed by atoms with Gasteiger partial charge in [-0.25, -0.2) is 0 Å². The van der Waals surface area contributed by atoms with Gasteiger partial charge in [0.2, 0.25) is 0 Å². The number of hydrogen-bond acceptors (Lipinski definition) is 2. The summed E-state index contributed by atoms with van der Waals surface area (Å²) in [5.41, 5.74) is 0. The van der Waals surface area contributed by atoms with E-state index >= 15 is 0 Å². The maximum absolute atomic E-state index is 12.7. The van der Waals surface area contributed by atoms with Crippen LogP contribution in [0.15, 0.2) is 0 Å². The zero-order chi connectivity index (χ0) is 13.3. The van der Waals surface area contributed by atoms with Crippen LogP contribution >= 0.6 is 11.6 Å². The van der Waals surface area contributed by atoms with Crippen LogP contribution in [-0.4, -0.2) is 48.1 Å². The number of piperidine rings is 1. The van der Waals surface area contributed by atoms with Gasteiger partial charge in [-0.1, -0.05) is 13.3 Å². The van der Waals surface area contributed by atoms with Gasteiger partial charge in [-0.15, -0.1) is 11.6 Å². The fraction of sp³-hybridized carbons (Fsp3) is 1.00. The number of nitrogens with zero attached hydrogens (tertiary/aromatic N) is 2. The van der Waals surface area contributed by atoms with Gasteiger partial charge in [0, 0.05) is 31.1 Å². The van der Waals surface area contributed by atoms with Crippen LogP contribution in [0.4, 0.5) is 0 Å². The van der Waals surface area contributed by atoms with E-state index in [2.05, 4.69) is 6.92 Å². The van der Waals surface area contributed by atoms with E-state index in [0.717, 1.165) is 25.7 Å². The molecule has 2 saturated heterocycles. The van der Waals surface area contributed by atoms with Crippen molar-refractivity contribution >= 4 is 21.8 Å². The molecular weight excluding hydrogens is 272 g/mol. The Hall–Kier alpha value is 0.160. The summed E-state index contributed by atoms with van der Waals surface area (Å²) in [4.78, 5) is 0. The lowest BCUT2D eigenvalue weighted by molar-refractivity contribution is 0.240. The summed E-state index contributed by atoms with van der Waals surface area (Å²) in [6.45, 7) is 5.36. The van der Waals surface area contributed by atoms with E-state index < -0.39 is 10.2 Å². The van der Waals surface area contributed by atoms with Crippen LogP contribution in [0, 0.1) is 5.92 Å². The van der Waals surface area contributed by atoms with Crippen molar-refractivity contribution in [3.8, 4) is 0 Å². The highest BCUT2D eigenvalue weighted by Gasteiger charge is 2.42. The number of rotatable bonds is 3. The van der Waals surface area contributed by atoms with E-state index in [1.165, 1.54) is 0 Å². The second kappa shape index (κ2) is 5.65. The molecule has 2 aliphatic heterocycles. The van der Waals surface area contributed by atoms with Crippen molar-refractivity contribution in [2.75, 3.05) is 19.0 Å². The summed E-state index contributed by atoms with van der Waals surface area (Å²) >= 11 is 5.95. The summed E-state index contributed by atoms with van der Waals surface area (Å²) < 4.78 is 28.7. The van der Waals surface area contributed by atoms with Crippen molar-refractivity contribution in [1.29, 1.82) is 0 Å². The highest BCUT2D eigenvalue weighted by atomic mass is 35.5. The third-order valence-electron chi connectivity index (χ3n) is 4.32. The minimum absolute atomic E-state index is 0.0363. The van der Waals surface area contributed by atoms with Crippen LogP contribution < -0.4 is 0 Å². The van der Waals surface area contributed by atoms with Gasteiger partial charge >= 0.3 is 0 Å². The molecule has 0 saturated carbocycles. The van der Waals surface area contributed by atoms with Crippen LogP contribution in [0.1, 0.15) is 39.5 Å². The maximum Gasteiger partial charge on any atom is 0.282 e. The molecule has 0 aromatic heterocycles. The van der Waals surface area contributed by atoms with Crippen molar-refractivity contribution < 1.29 is 8.42 Å². The molecule has 0 aromatic rings. The highest BCUT2D eigenvalue weighted by Crippen LogP contribution is 2.31. The monoisotopic (exact) mass is 294 g/mol. The summed E-state index contributed by atoms with van der Waals surface area (Å²) in [6.07, 6.45) is 3.98. The van der Waals surface area contributed by atoms with E-state index in [4.69, 9.17) is 11.6 Å². The van der Waals surface area contributed by atoms with E-state index in [-0.39, 0.29) is 12.1 Å². The van der Waals surface area contributed by atoms with Gasteiger partial charge in [0.05, 0.1) is 0 Å². The van der Waals surface area contributed by atoms with Crippen LogP contribution in [0.3, 0.4) is 0 Å². The molecule has 4 nitrogen and oxygen atoms in total. The Bertz CT molecular complexity index is 388. The molecule has 0 N–H and O–H groups in total. The number of halogens is 1. The molecule has 3 unspecified atom stereocenters. The van der Waals surface area contributed by atoms with Gasteiger partial charge in [-0.2, -0.15) is 17.0 Å². The highest BCUT2D eigenvalue weighted by molar-refractivity contribution is 7.86. The molecule has 0 aliphatic carbocycles. The molecular formula is C12H23ClN2O2S. The molecule has 0 aromatic carbocycles. The first-order valence-corrected chi connectivity index (χ1v) is 8.76. The molecule has 6 heteroatoms. The molecule has 106 valence electrons. The third-order valence-corrected chi connectivity index (χ3v) is 6.82. The van der Waals surface area contributed by atoms with Gasteiger partial charge in [-0.05, 0) is 32.1 Å². The lowest BCUT2D eigenvalue weighted by atomic mass is 10.1. The largest absolute Gasteiger partial charge is 0.282 e. The average Bonchev–Trinajstić information content (AvgIpc) is 2.71. The summed E-state index contributed by atoms with van der Waals surface area (Å²) in [5.74, 6) is 0.750. The first-order valence-electron chi connectivity index (χ1n) is 6.83. The fourth-order valence-electron chi connectivity index (χ4n) is 3.04. The van der Waals surface area contributed by atoms with Gasteiger partial charge in [0.15, 0.2) is 0 Å². The quantitative estimate of drug-likeness (QED) is 0.748. The van der Waals surface area contributed by atoms with E-state index in [1.807, 2.05) is 6.92 Å². The number of hydrogen-bond donors (Lipinski definition) is 0. The zero-order valence-electron chi connectivity index (χ0n) is 11.2. The molecule has 0 amide bonds. The maximum atomic E-state index is 12.7. The van der Waals surface area contributed by atoms with Crippen LogP contribution in [0.5, 0.6) is 0 Å². The van der Waals surface area contributed by atoms with Gasteiger partial charge in [0.1, 0.15) is 0 Å². The Morgan fingerprint density at radius 3 is 2.44 bits per heavy atom. The van der Waals surface area contributed by atoms with Gasteiger partial charge in [0.25, 0.3) is 10.2 Å². The fourth-order valence-corrected chi connectivity index (χ4v) is 5.74. The first-order chi connectivity index (χ1) is 8.48. The molecule has 3 atom stereocenters. The SMILES string of the molecule is CC1CCN(S(=O)(=O)N2CCCCC2C)C1CCl. The zero-order valence-corrected chi connectivity index (χ0v) is 12.8. The minimum atomic E-state index is -3.32. The molecule has 2 fully saturated rings. The Morgan fingerprint density at radius 1 is 1.11 bits per heavy atom. The lowest BCUT2D eigenvalue weighted by Crippen LogP contribution is -2.52. The summed E-state index contributed by atoms with van der Waals surface area (Å²) in [6, 6.07) is 0.0847. The van der Waals surface area contributed by atoms with E-state index in [0.29, 0.717) is 24.9 Å². The predicted molar refractivity (Wildman–Crippen MR) is 73.9 cm³/mol. The van der Waals surface area contributed by atoms with Crippen molar-refractivity contribution in [1.82, 2.24) is 8.61 Å². The number of alkyl halides is 1. The van der Waals surface area contributed by atoms with E-state index in [1.54, 1.807) is 8.61 Å². The molecule has 2 aliphatic rings. The van der Waals surface area contributed by atoms with Crippen molar-refractivity contribution in [2.45, 2.75) is 51.6 Å². The smallest absolute Gasteiger partial charge is 0.195 e. The van der Waals surface area contributed by atoms with Crippen molar-refractivity contribution in [3.63, 3.8) is 0 Å². The predicted octanol–water partition coefficient (Wildman–Crippen LogP) is 2.05. The molecule has 0 radical (unpaired) electrons. The second-order valence-electron chi connectivity index (χ2n) is 5.56. The summed E-state index contributed by atoms with van der Waals surface area (Å²) in [5, 5.41) is 0. The van der Waals surface area contributed by atoms with Crippen LogP contribution in [-0.2, 0) is 10.2 Å². The molecule has 0 bridgehead atoms. The molecule has 18 heavy (non-hydrogen) atoms. The Labute approximate surface area is 115 Å². The second-order valence-corrected chi connectivity index (χ2v) is 7.70. The third kappa shape index (κ3) is 2.55. The van der Waals surface area contributed by atoms with Crippen LogP contribution in [0.25, 0.3) is 0 Å². The van der Waals surface area contributed by atoms with Crippen molar-refractivity contribution in [3.05, 3.63) is 0 Å². The van der Waals surface area contributed by atoms with E-state index in [9.17, 15) is 8.42 Å². The average molecular weight is 295 g/mol. The molecule has 2 rings (SSSR count). The molecule has 0 spiro atoms. The van der Waals surface area contributed by atoms with Crippen LogP contribution in [0.2, 0.25) is 0 Å². The Morgan fingerprint density at radius 2 is 1.83 bits per heavy atom. The van der Waals surface area contributed by atoms with Crippen molar-refractivity contribution in [2.24, 2.45) is 5.92 Å².